The Kier molecular flexibility index (Phi) is 7.25. The summed E-state index contributed by atoms with van der Waals surface area (Å²) in [5.41, 5.74) is -4.38. The molecule has 0 saturated carbocycles. The second kappa shape index (κ2) is 8.66. The first-order valence-corrected chi connectivity index (χ1v) is 10.3. The van der Waals surface area contributed by atoms with Gasteiger partial charge in [0.1, 0.15) is 0 Å². The first-order chi connectivity index (χ1) is 11.8. The Morgan fingerprint density at radius 2 is 1.69 bits per heavy atom. The quantitative estimate of drug-likeness (QED) is 0.742. The Labute approximate surface area is 161 Å². The van der Waals surface area contributed by atoms with Gasteiger partial charge in [0.25, 0.3) is 0 Å². The first-order valence-electron chi connectivity index (χ1n) is 8.06. The van der Waals surface area contributed by atoms with Crippen LogP contribution in [-0.4, -0.2) is 68.4 Å². The Hall–Kier alpha value is -0.520. The van der Waals surface area contributed by atoms with Gasteiger partial charge in [-0.1, -0.05) is 0 Å². The zero-order valence-corrected chi connectivity index (χ0v) is 16.4. The number of hydrogen-bond acceptors (Lipinski definition) is 5. The number of nitrogens with zero attached hydrogens (tertiary/aromatic N) is 2. The van der Waals surface area contributed by atoms with E-state index in [0.29, 0.717) is 13.1 Å². The molecule has 0 bridgehead atoms. The Morgan fingerprint density at radius 3 is 2.27 bits per heavy atom. The van der Waals surface area contributed by atoms with Crippen molar-refractivity contribution in [1.29, 1.82) is 0 Å². The summed E-state index contributed by atoms with van der Waals surface area (Å²) in [7, 11) is -3.67. The molecule has 5 nitrogen and oxygen atoms in total. The van der Waals surface area contributed by atoms with Crippen molar-refractivity contribution in [2.45, 2.75) is 27.8 Å². The van der Waals surface area contributed by atoms with Crippen LogP contribution >= 0.6 is 24.2 Å². The Balaban J connectivity index is 0.00000243. The average molecular weight is 432 g/mol. The van der Waals surface area contributed by atoms with Gasteiger partial charge in [-0.2, -0.15) is 17.5 Å². The van der Waals surface area contributed by atoms with E-state index in [2.05, 4.69) is 10.2 Å². The molecule has 2 heterocycles. The maximum atomic E-state index is 12.7. The summed E-state index contributed by atoms with van der Waals surface area (Å²) in [6, 6.07) is 5.12. The number of piperazine rings is 1. The van der Waals surface area contributed by atoms with Gasteiger partial charge in [0.05, 0.1) is 4.90 Å². The molecule has 0 aliphatic carbocycles. The van der Waals surface area contributed by atoms with Crippen LogP contribution in [0.25, 0.3) is 0 Å². The number of nitrogens with one attached hydrogen (secondary N) is 1. The fourth-order valence-corrected chi connectivity index (χ4v) is 5.27. The highest BCUT2D eigenvalue weighted by Gasteiger charge is 2.35. The van der Waals surface area contributed by atoms with Gasteiger partial charge in [-0.3, -0.25) is 4.90 Å². The number of hydrogen-bond donors (Lipinski definition) is 1. The normalized spacial score (nSPS) is 23.0. The highest BCUT2D eigenvalue weighted by Crippen LogP contribution is 2.37. The zero-order chi connectivity index (χ0) is 18.1. The Morgan fingerprint density at radius 1 is 1.08 bits per heavy atom. The van der Waals surface area contributed by atoms with Crippen LogP contribution in [0.15, 0.2) is 34.1 Å². The van der Waals surface area contributed by atoms with Crippen molar-refractivity contribution in [2.24, 2.45) is 0 Å². The average Bonchev–Trinajstić information content (AvgIpc) is 3.05. The second-order valence-electron chi connectivity index (χ2n) is 6.11. The number of rotatable bonds is 4. The van der Waals surface area contributed by atoms with Crippen molar-refractivity contribution in [3.63, 3.8) is 0 Å². The van der Waals surface area contributed by atoms with Crippen molar-refractivity contribution in [3.8, 4) is 0 Å². The van der Waals surface area contributed by atoms with Gasteiger partial charge in [-0.25, -0.2) is 8.42 Å². The standard InChI is InChI=1S/C15H20F3N3O2S2.ClH/c16-15(17,18)24-13-1-3-14(4-2-13)25(22,23)21-8-5-12(11-21)20-9-6-19-7-10-20;/h1-4,12,19H,5-11H2;1H. The minimum Gasteiger partial charge on any atom is -0.314 e. The van der Waals surface area contributed by atoms with Crippen molar-refractivity contribution in [1.82, 2.24) is 14.5 Å². The molecule has 1 unspecified atom stereocenters. The molecule has 0 amide bonds. The minimum atomic E-state index is -4.38. The molecule has 1 aromatic rings. The van der Waals surface area contributed by atoms with Crippen LogP contribution in [-0.2, 0) is 10.0 Å². The number of alkyl halides is 3. The molecule has 1 atom stereocenters. The van der Waals surface area contributed by atoms with E-state index in [4.69, 9.17) is 0 Å². The molecule has 3 rings (SSSR count). The summed E-state index contributed by atoms with van der Waals surface area (Å²) >= 11 is -0.250. The van der Waals surface area contributed by atoms with Crippen molar-refractivity contribution < 1.29 is 21.6 Å². The lowest BCUT2D eigenvalue weighted by Crippen LogP contribution is -2.49. The number of sulfonamides is 1. The lowest BCUT2D eigenvalue weighted by molar-refractivity contribution is -0.0328. The third-order valence-corrected chi connectivity index (χ3v) is 7.11. The van der Waals surface area contributed by atoms with Crippen LogP contribution in [0.4, 0.5) is 13.2 Å². The van der Waals surface area contributed by atoms with E-state index in [0.717, 1.165) is 32.6 Å². The van der Waals surface area contributed by atoms with Crippen LogP contribution in [0.5, 0.6) is 0 Å². The zero-order valence-electron chi connectivity index (χ0n) is 13.9. The summed E-state index contributed by atoms with van der Waals surface area (Å²) in [4.78, 5) is 2.32. The maximum Gasteiger partial charge on any atom is 0.446 e. The van der Waals surface area contributed by atoms with E-state index in [1.165, 1.54) is 28.6 Å². The highest BCUT2D eigenvalue weighted by molar-refractivity contribution is 8.00. The van der Waals surface area contributed by atoms with Gasteiger partial charge in [-0.05, 0) is 42.4 Å². The Bertz CT molecular complexity index is 695. The van der Waals surface area contributed by atoms with E-state index in [9.17, 15) is 21.6 Å². The van der Waals surface area contributed by atoms with Crippen molar-refractivity contribution in [3.05, 3.63) is 24.3 Å². The lowest BCUT2D eigenvalue weighted by Gasteiger charge is -2.32. The molecule has 0 aromatic heterocycles. The molecule has 2 aliphatic heterocycles. The predicted molar refractivity (Wildman–Crippen MR) is 97.2 cm³/mol. The van der Waals surface area contributed by atoms with Crippen LogP contribution in [0, 0.1) is 0 Å². The molecule has 2 saturated heterocycles. The summed E-state index contributed by atoms with van der Waals surface area (Å²) in [5, 5.41) is 3.27. The summed E-state index contributed by atoms with van der Waals surface area (Å²) < 4.78 is 64.0. The van der Waals surface area contributed by atoms with Crippen LogP contribution in [0.1, 0.15) is 6.42 Å². The van der Waals surface area contributed by atoms with Crippen molar-refractivity contribution in [2.75, 3.05) is 39.3 Å². The highest BCUT2D eigenvalue weighted by atomic mass is 35.5. The summed E-state index contributed by atoms with van der Waals surface area (Å²) in [5.74, 6) is 0. The molecular formula is C15H21ClF3N3O2S2. The number of halogens is 4. The van der Waals surface area contributed by atoms with Gasteiger partial charge in [-0.15, -0.1) is 12.4 Å². The topological polar surface area (TPSA) is 52.7 Å². The molecule has 148 valence electrons. The van der Waals surface area contributed by atoms with Crippen LogP contribution < -0.4 is 5.32 Å². The molecule has 26 heavy (non-hydrogen) atoms. The van der Waals surface area contributed by atoms with Gasteiger partial charge in [0, 0.05) is 50.2 Å². The molecule has 2 aliphatic rings. The van der Waals surface area contributed by atoms with Gasteiger partial charge in [0.15, 0.2) is 0 Å². The van der Waals surface area contributed by atoms with E-state index in [-0.39, 0.29) is 40.0 Å². The molecular weight excluding hydrogens is 411 g/mol. The van der Waals surface area contributed by atoms with Gasteiger partial charge in [0.2, 0.25) is 10.0 Å². The van der Waals surface area contributed by atoms with E-state index >= 15 is 0 Å². The van der Waals surface area contributed by atoms with E-state index in [1.54, 1.807) is 0 Å². The first kappa shape index (κ1) is 21.8. The molecule has 0 spiro atoms. The van der Waals surface area contributed by atoms with Gasteiger partial charge >= 0.3 is 5.51 Å². The minimum absolute atomic E-state index is 0. The fourth-order valence-electron chi connectivity index (χ4n) is 3.24. The maximum absolute atomic E-state index is 12.7. The van der Waals surface area contributed by atoms with Gasteiger partial charge < -0.3 is 5.32 Å². The third kappa shape index (κ3) is 5.26. The molecule has 0 radical (unpaired) electrons. The van der Waals surface area contributed by atoms with Crippen LogP contribution in [0.3, 0.4) is 0 Å². The predicted octanol–water partition coefficient (Wildman–Crippen LogP) is 2.39. The SMILES string of the molecule is Cl.O=S(=O)(c1ccc(SC(F)(F)F)cc1)N1CCC(N2CCNCC2)C1. The van der Waals surface area contributed by atoms with E-state index in [1.807, 2.05) is 0 Å². The number of benzene rings is 1. The molecule has 2 fully saturated rings. The van der Waals surface area contributed by atoms with Crippen molar-refractivity contribution >= 4 is 34.2 Å². The molecule has 1 aromatic carbocycles. The molecule has 11 heteroatoms. The molecule has 1 N–H and O–H groups in total. The van der Waals surface area contributed by atoms with Crippen LogP contribution in [0.2, 0.25) is 0 Å². The smallest absolute Gasteiger partial charge is 0.314 e. The largest absolute Gasteiger partial charge is 0.446 e. The number of thioether (sulfide) groups is 1. The third-order valence-electron chi connectivity index (χ3n) is 4.49. The second-order valence-corrected chi connectivity index (χ2v) is 9.19. The summed E-state index contributed by atoms with van der Waals surface area (Å²) in [6.07, 6.45) is 0.779. The monoisotopic (exact) mass is 431 g/mol. The lowest BCUT2D eigenvalue weighted by atomic mass is 10.2. The fraction of sp³-hybridized carbons (Fsp3) is 0.600. The summed E-state index contributed by atoms with van der Waals surface area (Å²) in [6.45, 7) is 4.49. The van der Waals surface area contributed by atoms with E-state index < -0.39 is 15.5 Å².